The van der Waals surface area contributed by atoms with E-state index in [4.69, 9.17) is 0 Å². The fourth-order valence-corrected chi connectivity index (χ4v) is 3.73. The number of hydrogen-bond donors (Lipinski definition) is 0. The van der Waals surface area contributed by atoms with E-state index in [1.165, 1.54) is 36.9 Å². The predicted octanol–water partition coefficient (Wildman–Crippen LogP) is 2.66. The molecule has 0 saturated heterocycles. The van der Waals surface area contributed by atoms with Crippen LogP contribution < -0.4 is 0 Å². The van der Waals surface area contributed by atoms with Crippen molar-refractivity contribution >= 4 is 11.8 Å². The predicted molar refractivity (Wildman–Crippen MR) is 64.3 cm³/mol. The van der Waals surface area contributed by atoms with Gasteiger partial charge in [-0.2, -0.15) is 22.1 Å². The SMILES string of the molecule is N#Cc1c2c(nn1C1CCCC1)CCSC2. The van der Waals surface area contributed by atoms with Crippen LogP contribution in [0.15, 0.2) is 0 Å². The number of hydrogen-bond acceptors (Lipinski definition) is 3. The molecule has 2 aliphatic rings. The fraction of sp³-hybridized carbons (Fsp3) is 0.667. The molecule has 0 atom stereocenters. The molecule has 16 heavy (non-hydrogen) atoms. The maximum absolute atomic E-state index is 9.30. The summed E-state index contributed by atoms with van der Waals surface area (Å²) in [5.74, 6) is 2.13. The Morgan fingerprint density at radius 3 is 2.94 bits per heavy atom. The van der Waals surface area contributed by atoms with Gasteiger partial charge in [-0.3, -0.25) is 4.68 Å². The molecule has 3 nitrogen and oxygen atoms in total. The summed E-state index contributed by atoms with van der Waals surface area (Å²) in [6, 6.07) is 2.86. The minimum absolute atomic E-state index is 0.491. The molecule has 0 aromatic carbocycles. The Morgan fingerprint density at radius 2 is 2.19 bits per heavy atom. The number of aryl methyl sites for hydroxylation is 1. The lowest BCUT2D eigenvalue weighted by Crippen LogP contribution is -2.09. The molecular formula is C12H15N3S. The highest BCUT2D eigenvalue weighted by Crippen LogP contribution is 2.34. The lowest BCUT2D eigenvalue weighted by molar-refractivity contribution is 0.459. The molecule has 1 fully saturated rings. The molecular weight excluding hydrogens is 218 g/mol. The quantitative estimate of drug-likeness (QED) is 0.749. The zero-order valence-corrected chi connectivity index (χ0v) is 10.1. The van der Waals surface area contributed by atoms with Crippen molar-refractivity contribution in [1.82, 2.24) is 9.78 Å². The smallest absolute Gasteiger partial charge is 0.143 e. The van der Waals surface area contributed by atoms with Crippen molar-refractivity contribution in [3.63, 3.8) is 0 Å². The van der Waals surface area contributed by atoms with E-state index in [-0.39, 0.29) is 0 Å². The van der Waals surface area contributed by atoms with Crippen LogP contribution >= 0.6 is 11.8 Å². The molecule has 1 aliphatic carbocycles. The average Bonchev–Trinajstić information content (AvgIpc) is 2.95. The first-order chi connectivity index (χ1) is 7.90. The standard InChI is InChI=1S/C12H15N3S/c13-7-12-10-8-16-6-5-11(10)14-15(12)9-3-1-2-4-9/h9H,1-6,8H2. The molecule has 0 unspecified atom stereocenters. The average molecular weight is 233 g/mol. The van der Waals surface area contributed by atoms with Gasteiger partial charge in [-0.25, -0.2) is 0 Å². The van der Waals surface area contributed by atoms with Gasteiger partial charge in [-0.15, -0.1) is 0 Å². The third-order valence-electron chi connectivity index (χ3n) is 3.60. The molecule has 1 aliphatic heterocycles. The first-order valence-electron chi connectivity index (χ1n) is 5.98. The summed E-state index contributed by atoms with van der Waals surface area (Å²) in [6.45, 7) is 0. The van der Waals surface area contributed by atoms with Gasteiger partial charge < -0.3 is 0 Å². The Labute approximate surface area is 99.8 Å². The second kappa shape index (κ2) is 4.14. The summed E-state index contributed by atoms with van der Waals surface area (Å²) in [5, 5.41) is 14.0. The van der Waals surface area contributed by atoms with Gasteiger partial charge >= 0.3 is 0 Å². The molecule has 84 valence electrons. The Kier molecular flexibility index (Phi) is 2.64. The third-order valence-corrected chi connectivity index (χ3v) is 4.58. The van der Waals surface area contributed by atoms with Gasteiger partial charge in [0.1, 0.15) is 11.8 Å². The lowest BCUT2D eigenvalue weighted by atomic mass is 10.1. The lowest BCUT2D eigenvalue weighted by Gasteiger charge is -2.10. The molecule has 4 heteroatoms. The van der Waals surface area contributed by atoms with Crippen LogP contribution in [0.5, 0.6) is 0 Å². The number of fused-ring (bicyclic) bond motifs is 1. The Hall–Kier alpha value is -0.950. The Balaban J connectivity index is 2.04. The maximum atomic E-state index is 9.30. The van der Waals surface area contributed by atoms with Crippen LogP contribution in [-0.2, 0) is 12.2 Å². The monoisotopic (exact) mass is 233 g/mol. The van der Waals surface area contributed by atoms with Crippen LogP contribution in [0, 0.1) is 11.3 Å². The van der Waals surface area contributed by atoms with E-state index in [0.717, 1.165) is 23.6 Å². The molecule has 0 spiro atoms. The highest BCUT2D eigenvalue weighted by atomic mass is 32.2. The summed E-state index contributed by atoms with van der Waals surface area (Å²) in [6.07, 6.45) is 6.00. The van der Waals surface area contributed by atoms with E-state index in [0.29, 0.717) is 6.04 Å². The number of rotatable bonds is 1. The van der Waals surface area contributed by atoms with E-state index in [1.807, 2.05) is 16.4 Å². The van der Waals surface area contributed by atoms with Crippen molar-refractivity contribution in [2.75, 3.05) is 5.75 Å². The fourth-order valence-electron chi connectivity index (χ4n) is 2.74. The van der Waals surface area contributed by atoms with Gasteiger partial charge in [-0.1, -0.05) is 12.8 Å². The first-order valence-corrected chi connectivity index (χ1v) is 7.13. The van der Waals surface area contributed by atoms with Crippen molar-refractivity contribution in [2.24, 2.45) is 0 Å². The van der Waals surface area contributed by atoms with E-state index in [2.05, 4.69) is 11.2 Å². The first kappa shape index (κ1) is 10.2. The zero-order valence-electron chi connectivity index (χ0n) is 9.28. The van der Waals surface area contributed by atoms with E-state index >= 15 is 0 Å². The van der Waals surface area contributed by atoms with Crippen LogP contribution in [0.2, 0.25) is 0 Å². The molecule has 1 saturated carbocycles. The van der Waals surface area contributed by atoms with Crippen LogP contribution in [0.25, 0.3) is 0 Å². The third kappa shape index (κ3) is 1.54. The van der Waals surface area contributed by atoms with Gasteiger partial charge in [0.25, 0.3) is 0 Å². The van der Waals surface area contributed by atoms with Crippen molar-refractivity contribution in [2.45, 2.75) is 43.9 Å². The Bertz CT molecular complexity index is 438. The normalized spacial score (nSPS) is 20.7. The van der Waals surface area contributed by atoms with E-state index in [1.54, 1.807) is 0 Å². The molecule has 1 aromatic rings. The van der Waals surface area contributed by atoms with Gasteiger partial charge in [0.2, 0.25) is 0 Å². The van der Waals surface area contributed by atoms with Crippen LogP contribution in [0.4, 0.5) is 0 Å². The molecule has 1 aromatic heterocycles. The van der Waals surface area contributed by atoms with Crippen LogP contribution in [0.1, 0.15) is 48.7 Å². The van der Waals surface area contributed by atoms with Gasteiger partial charge in [0.15, 0.2) is 0 Å². The van der Waals surface area contributed by atoms with Crippen LogP contribution in [0.3, 0.4) is 0 Å². The van der Waals surface area contributed by atoms with Gasteiger partial charge in [-0.05, 0) is 18.6 Å². The summed E-state index contributed by atoms with van der Waals surface area (Å²) < 4.78 is 2.03. The molecule has 3 rings (SSSR count). The molecule has 0 bridgehead atoms. The largest absolute Gasteiger partial charge is 0.251 e. The molecule has 0 radical (unpaired) electrons. The topological polar surface area (TPSA) is 41.6 Å². The van der Waals surface area contributed by atoms with E-state index in [9.17, 15) is 5.26 Å². The number of nitrogens with zero attached hydrogens (tertiary/aromatic N) is 3. The second-order valence-electron chi connectivity index (χ2n) is 4.57. The Morgan fingerprint density at radius 1 is 1.38 bits per heavy atom. The minimum atomic E-state index is 0.491. The molecule has 2 heterocycles. The van der Waals surface area contributed by atoms with Crippen molar-refractivity contribution < 1.29 is 0 Å². The van der Waals surface area contributed by atoms with Gasteiger partial charge in [0, 0.05) is 17.7 Å². The number of thioether (sulfide) groups is 1. The van der Waals surface area contributed by atoms with Crippen molar-refractivity contribution in [3.05, 3.63) is 17.0 Å². The number of aromatic nitrogens is 2. The summed E-state index contributed by atoms with van der Waals surface area (Å²) in [4.78, 5) is 0. The van der Waals surface area contributed by atoms with Crippen molar-refractivity contribution in [1.29, 1.82) is 5.26 Å². The summed E-state index contributed by atoms with van der Waals surface area (Å²) in [5.41, 5.74) is 3.24. The molecule has 0 amide bonds. The minimum Gasteiger partial charge on any atom is -0.251 e. The van der Waals surface area contributed by atoms with Gasteiger partial charge in [0.05, 0.1) is 11.7 Å². The van der Waals surface area contributed by atoms with E-state index < -0.39 is 0 Å². The zero-order chi connectivity index (χ0) is 11.0. The number of nitriles is 1. The highest BCUT2D eigenvalue weighted by Gasteiger charge is 2.26. The highest BCUT2D eigenvalue weighted by molar-refractivity contribution is 7.98. The molecule has 0 N–H and O–H groups in total. The maximum Gasteiger partial charge on any atom is 0.143 e. The van der Waals surface area contributed by atoms with Crippen molar-refractivity contribution in [3.8, 4) is 6.07 Å². The summed E-state index contributed by atoms with van der Waals surface area (Å²) >= 11 is 1.92. The summed E-state index contributed by atoms with van der Waals surface area (Å²) in [7, 11) is 0. The van der Waals surface area contributed by atoms with Crippen LogP contribution in [-0.4, -0.2) is 15.5 Å². The second-order valence-corrected chi connectivity index (χ2v) is 5.68.